The molecular formula is C19H10ClN5O2S. The molecule has 0 bridgehead atoms. The van der Waals surface area contributed by atoms with E-state index in [4.69, 9.17) is 16.0 Å². The van der Waals surface area contributed by atoms with Gasteiger partial charge in [0.05, 0.1) is 5.69 Å². The Balaban J connectivity index is 1.62. The number of aromatic nitrogens is 3. The van der Waals surface area contributed by atoms with E-state index >= 15 is 0 Å². The molecule has 9 heteroatoms. The molecular weight excluding hydrogens is 398 g/mol. The van der Waals surface area contributed by atoms with Crippen molar-refractivity contribution in [2.75, 3.05) is 5.32 Å². The Labute approximate surface area is 168 Å². The summed E-state index contributed by atoms with van der Waals surface area (Å²) < 4.78 is 5.27. The van der Waals surface area contributed by atoms with E-state index < -0.39 is 5.91 Å². The Hall–Kier alpha value is -3.54. The van der Waals surface area contributed by atoms with Crippen molar-refractivity contribution in [2.45, 2.75) is 0 Å². The van der Waals surface area contributed by atoms with Crippen LogP contribution in [0.25, 0.3) is 22.6 Å². The van der Waals surface area contributed by atoms with Crippen molar-refractivity contribution in [3.63, 3.8) is 0 Å². The van der Waals surface area contributed by atoms with Crippen molar-refractivity contribution in [2.24, 2.45) is 0 Å². The number of benzene rings is 1. The number of nitriles is 1. The maximum Gasteiger partial charge on any atom is 0.295 e. The highest BCUT2D eigenvalue weighted by Crippen LogP contribution is 2.30. The zero-order valence-electron chi connectivity index (χ0n) is 14.1. The summed E-state index contributed by atoms with van der Waals surface area (Å²) >= 11 is 6.96. The predicted octanol–water partition coefficient (Wildman–Crippen LogP) is 4.64. The van der Waals surface area contributed by atoms with E-state index in [0.717, 1.165) is 11.3 Å². The second-order valence-corrected chi connectivity index (χ2v) is 6.95. The van der Waals surface area contributed by atoms with Crippen LogP contribution in [-0.4, -0.2) is 20.9 Å². The molecule has 0 atom stereocenters. The third-order valence-corrected chi connectivity index (χ3v) is 4.88. The molecule has 4 aromatic rings. The number of hydrogen-bond acceptors (Lipinski definition) is 7. The first-order valence-electron chi connectivity index (χ1n) is 7.99. The lowest BCUT2D eigenvalue weighted by molar-refractivity contribution is 0.0997. The van der Waals surface area contributed by atoms with Crippen LogP contribution in [0.2, 0.25) is 5.02 Å². The first-order chi connectivity index (χ1) is 13.7. The van der Waals surface area contributed by atoms with Gasteiger partial charge in [0.2, 0.25) is 5.76 Å². The summed E-state index contributed by atoms with van der Waals surface area (Å²) in [4.78, 5) is 25.7. The van der Waals surface area contributed by atoms with E-state index in [0.29, 0.717) is 32.5 Å². The first-order valence-corrected chi connectivity index (χ1v) is 9.18. The number of hydrogen-bond donors (Lipinski definition) is 1. The number of pyridine rings is 1. The summed E-state index contributed by atoms with van der Waals surface area (Å²) in [6.45, 7) is 0. The minimum Gasteiger partial charge on any atom is -0.438 e. The maximum atomic E-state index is 12.7. The molecule has 0 saturated carbocycles. The van der Waals surface area contributed by atoms with Crippen LogP contribution >= 0.6 is 22.9 Å². The molecule has 3 heterocycles. The number of thiazole rings is 1. The quantitative estimate of drug-likeness (QED) is 0.528. The number of oxazole rings is 1. The highest BCUT2D eigenvalue weighted by atomic mass is 35.5. The lowest BCUT2D eigenvalue weighted by Crippen LogP contribution is -2.12. The van der Waals surface area contributed by atoms with Crippen molar-refractivity contribution in [1.29, 1.82) is 5.26 Å². The van der Waals surface area contributed by atoms with Gasteiger partial charge in [-0.15, -0.1) is 0 Å². The third kappa shape index (κ3) is 3.49. The minimum absolute atomic E-state index is 0.0374. The van der Waals surface area contributed by atoms with Crippen molar-refractivity contribution < 1.29 is 9.21 Å². The molecule has 0 radical (unpaired) electrons. The summed E-state index contributed by atoms with van der Waals surface area (Å²) in [5, 5.41) is 12.9. The highest BCUT2D eigenvalue weighted by molar-refractivity contribution is 7.16. The monoisotopic (exact) mass is 407 g/mol. The Morgan fingerprint density at radius 3 is 2.68 bits per heavy atom. The van der Waals surface area contributed by atoms with E-state index in [-0.39, 0.29) is 10.9 Å². The molecule has 0 unspecified atom stereocenters. The predicted molar refractivity (Wildman–Crippen MR) is 105 cm³/mol. The number of carbonyl (C=O) groups excluding carboxylic acids is 1. The van der Waals surface area contributed by atoms with Crippen LogP contribution in [0, 0.1) is 11.3 Å². The third-order valence-electron chi connectivity index (χ3n) is 3.75. The van der Waals surface area contributed by atoms with Crippen molar-refractivity contribution in [3.8, 4) is 28.7 Å². The molecule has 0 spiro atoms. The normalized spacial score (nSPS) is 10.4. The number of anilines is 1. The zero-order valence-corrected chi connectivity index (χ0v) is 15.7. The summed E-state index contributed by atoms with van der Waals surface area (Å²) in [5.74, 6) is -0.483. The average Bonchev–Trinajstić information content (AvgIpc) is 3.36. The molecule has 1 amide bonds. The molecule has 0 aliphatic heterocycles. The minimum atomic E-state index is -0.520. The van der Waals surface area contributed by atoms with Crippen LogP contribution in [0.5, 0.6) is 0 Å². The van der Waals surface area contributed by atoms with Gasteiger partial charge in [0.15, 0.2) is 11.5 Å². The van der Waals surface area contributed by atoms with E-state index in [9.17, 15) is 10.1 Å². The van der Waals surface area contributed by atoms with Crippen LogP contribution in [0.3, 0.4) is 0 Å². The van der Waals surface area contributed by atoms with Gasteiger partial charge in [-0.25, -0.2) is 9.97 Å². The summed E-state index contributed by atoms with van der Waals surface area (Å²) in [6.07, 6.45) is 2.81. The van der Waals surface area contributed by atoms with Gasteiger partial charge in [-0.2, -0.15) is 5.26 Å². The SMILES string of the molecule is N#Cc1sc(NC(=O)c2ocnc2-c2ccc(Cl)cc2)nc1-c1ccccn1. The lowest BCUT2D eigenvalue weighted by Gasteiger charge is -2.02. The molecule has 4 rings (SSSR count). The van der Waals surface area contributed by atoms with Gasteiger partial charge in [0, 0.05) is 16.8 Å². The van der Waals surface area contributed by atoms with Crippen molar-refractivity contribution in [1.82, 2.24) is 15.0 Å². The summed E-state index contributed by atoms with van der Waals surface area (Å²) in [6, 6.07) is 14.3. The number of carbonyl (C=O) groups is 1. The molecule has 1 N–H and O–H groups in total. The molecule has 0 fully saturated rings. The Bertz CT molecular complexity index is 1180. The number of rotatable bonds is 4. The molecule has 28 heavy (non-hydrogen) atoms. The molecule has 3 aromatic heterocycles. The largest absolute Gasteiger partial charge is 0.438 e. The maximum absolute atomic E-state index is 12.7. The molecule has 0 aliphatic carbocycles. The first kappa shape index (κ1) is 17.9. The average molecular weight is 408 g/mol. The van der Waals surface area contributed by atoms with E-state index in [1.165, 1.54) is 6.39 Å². The van der Waals surface area contributed by atoms with Crippen molar-refractivity contribution >= 4 is 34.0 Å². The molecule has 7 nitrogen and oxygen atoms in total. The van der Waals surface area contributed by atoms with E-state index in [1.807, 2.05) is 0 Å². The molecule has 136 valence electrons. The van der Waals surface area contributed by atoms with Gasteiger partial charge < -0.3 is 4.42 Å². The summed E-state index contributed by atoms with van der Waals surface area (Å²) in [7, 11) is 0. The van der Waals surface area contributed by atoms with Gasteiger partial charge in [0.25, 0.3) is 5.91 Å². The number of halogens is 1. The highest BCUT2D eigenvalue weighted by Gasteiger charge is 2.21. The van der Waals surface area contributed by atoms with E-state index in [1.54, 1.807) is 48.7 Å². The van der Waals surface area contributed by atoms with Gasteiger partial charge in [-0.05, 0) is 24.3 Å². The van der Waals surface area contributed by atoms with Gasteiger partial charge in [-0.3, -0.25) is 15.1 Å². The van der Waals surface area contributed by atoms with Crippen LogP contribution < -0.4 is 5.32 Å². The smallest absolute Gasteiger partial charge is 0.295 e. The Morgan fingerprint density at radius 2 is 1.96 bits per heavy atom. The second-order valence-electron chi connectivity index (χ2n) is 5.51. The second kappa shape index (κ2) is 7.60. The van der Waals surface area contributed by atoms with Gasteiger partial charge in [0.1, 0.15) is 22.3 Å². The molecule has 1 aromatic carbocycles. The fourth-order valence-corrected chi connectivity index (χ4v) is 3.39. The molecule has 0 aliphatic rings. The number of nitrogens with zero attached hydrogens (tertiary/aromatic N) is 4. The number of nitrogens with one attached hydrogen (secondary N) is 1. The van der Waals surface area contributed by atoms with Crippen molar-refractivity contribution in [3.05, 3.63) is 70.7 Å². The van der Waals surface area contributed by atoms with E-state index in [2.05, 4.69) is 26.3 Å². The fraction of sp³-hybridized carbons (Fsp3) is 0. The van der Waals surface area contributed by atoms with Crippen LogP contribution in [0.1, 0.15) is 15.4 Å². The standard InChI is InChI=1S/C19H10ClN5O2S/c20-12-6-4-11(5-7-12)15-17(27-10-23-15)18(26)25-19-24-16(14(9-21)28-19)13-3-1-2-8-22-13/h1-8,10H,(H,24,25,26). The van der Waals surface area contributed by atoms with Gasteiger partial charge in [-0.1, -0.05) is 41.1 Å². The lowest BCUT2D eigenvalue weighted by atomic mass is 10.1. The Kier molecular flexibility index (Phi) is 4.85. The summed E-state index contributed by atoms with van der Waals surface area (Å²) in [5.41, 5.74) is 2.04. The van der Waals surface area contributed by atoms with Crippen LogP contribution in [-0.2, 0) is 0 Å². The molecule has 0 saturated heterocycles. The van der Waals surface area contributed by atoms with Gasteiger partial charge >= 0.3 is 0 Å². The topological polar surface area (TPSA) is 105 Å². The fourth-order valence-electron chi connectivity index (χ4n) is 2.50. The zero-order chi connectivity index (χ0) is 19.5. The Morgan fingerprint density at radius 1 is 1.14 bits per heavy atom. The van der Waals surface area contributed by atoms with Crippen LogP contribution in [0.15, 0.2) is 59.5 Å². The van der Waals surface area contributed by atoms with Crippen LogP contribution in [0.4, 0.5) is 5.13 Å². The number of amides is 1.